The molecular formula is C14H20FN3. The molecule has 1 atom stereocenters. The fourth-order valence-corrected chi connectivity index (χ4v) is 2.26. The number of hydrogen-bond acceptors (Lipinski definition) is 3. The standard InChI is InChI=1S/C14H20FN3/c1-11-10-16-14(17(2)3)18(11)8-7-12-5-4-6-13(15)9-12/h4-6,9,11H,7-8,10H2,1-3H3/t11-/m0/s1. The van der Waals surface area contributed by atoms with Crippen molar-refractivity contribution in [3.8, 4) is 0 Å². The van der Waals surface area contributed by atoms with Gasteiger partial charge in [0.05, 0.1) is 6.54 Å². The summed E-state index contributed by atoms with van der Waals surface area (Å²) in [6.07, 6.45) is 0.842. The van der Waals surface area contributed by atoms with Crippen LogP contribution in [0.5, 0.6) is 0 Å². The molecule has 0 saturated carbocycles. The Morgan fingerprint density at radius 2 is 2.22 bits per heavy atom. The van der Waals surface area contributed by atoms with Crippen LogP contribution in [0.2, 0.25) is 0 Å². The van der Waals surface area contributed by atoms with Crippen molar-refractivity contribution in [2.75, 3.05) is 27.2 Å². The van der Waals surface area contributed by atoms with Gasteiger partial charge in [-0.25, -0.2) is 4.39 Å². The molecule has 0 amide bonds. The summed E-state index contributed by atoms with van der Waals surface area (Å²) in [6.45, 7) is 3.89. The van der Waals surface area contributed by atoms with Gasteiger partial charge in [0.2, 0.25) is 0 Å². The molecule has 0 radical (unpaired) electrons. The van der Waals surface area contributed by atoms with Gasteiger partial charge in [0, 0.05) is 26.7 Å². The van der Waals surface area contributed by atoms with Crippen molar-refractivity contribution in [2.24, 2.45) is 4.99 Å². The lowest BCUT2D eigenvalue weighted by molar-refractivity contribution is 0.333. The summed E-state index contributed by atoms with van der Waals surface area (Å²) in [7, 11) is 4.01. The topological polar surface area (TPSA) is 18.8 Å². The molecule has 0 spiro atoms. The number of nitrogens with zero attached hydrogens (tertiary/aromatic N) is 3. The second-order valence-electron chi connectivity index (χ2n) is 4.96. The maximum atomic E-state index is 13.1. The zero-order valence-corrected chi connectivity index (χ0v) is 11.2. The average molecular weight is 249 g/mol. The number of halogens is 1. The molecule has 1 aliphatic rings. The van der Waals surface area contributed by atoms with Gasteiger partial charge in [-0.05, 0) is 31.0 Å². The first-order chi connectivity index (χ1) is 8.58. The van der Waals surface area contributed by atoms with Crippen molar-refractivity contribution in [2.45, 2.75) is 19.4 Å². The van der Waals surface area contributed by atoms with Gasteiger partial charge in [0.1, 0.15) is 5.82 Å². The third kappa shape index (κ3) is 2.81. The van der Waals surface area contributed by atoms with E-state index >= 15 is 0 Å². The lowest BCUT2D eigenvalue weighted by atomic mass is 10.1. The lowest BCUT2D eigenvalue weighted by Crippen LogP contribution is -2.42. The fraction of sp³-hybridized carbons (Fsp3) is 0.500. The summed E-state index contributed by atoms with van der Waals surface area (Å²) in [6, 6.07) is 7.24. The molecule has 98 valence electrons. The molecule has 1 aromatic rings. The van der Waals surface area contributed by atoms with Gasteiger partial charge in [-0.15, -0.1) is 0 Å². The Hall–Kier alpha value is -1.58. The Labute approximate surface area is 108 Å². The molecule has 2 rings (SSSR count). The Morgan fingerprint density at radius 3 is 2.89 bits per heavy atom. The minimum Gasteiger partial charge on any atom is -0.349 e. The van der Waals surface area contributed by atoms with E-state index in [1.165, 1.54) is 6.07 Å². The zero-order valence-electron chi connectivity index (χ0n) is 11.2. The van der Waals surface area contributed by atoms with Crippen molar-refractivity contribution in [1.29, 1.82) is 0 Å². The first kappa shape index (κ1) is 12.9. The average Bonchev–Trinajstić information content (AvgIpc) is 2.68. The van der Waals surface area contributed by atoms with E-state index in [1.54, 1.807) is 12.1 Å². The fourth-order valence-electron chi connectivity index (χ4n) is 2.26. The number of aliphatic imine (C=N–C) groups is 1. The molecule has 0 aromatic heterocycles. The number of hydrogen-bond donors (Lipinski definition) is 0. The number of benzene rings is 1. The van der Waals surface area contributed by atoms with E-state index in [9.17, 15) is 4.39 Å². The Kier molecular flexibility index (Phi) is 3.84. The van der Waals surface area contributed by atoms with Gasteiger partial charge in [-0.1, -0.05) is 12.1 Å². The van der Waals surface area contributed by atoms with E-state index < -0.39 is 0 Å². The van der Waals surface area contributed by atoms with E-state index in [1.807, 2.05) is 25.1 Å². The van der Waals surface area contributed by atoms with Gasteiger partial charge < -0.3 is 9.80 Å². The first-order valence-electron chi connectivity index (χ1n) is 6.31. The Morgan fingerprint density at radius 1 is 1.44 bits per heavy atom. The van der Waals surface area contributed by atoms with Crippen molar-refractivity contribution < 1.29 is 4.39 Å². The van der Waals surface area contributed by atoms with Crippen LogP contribution < -0.4 is 0 Å². The van der Waals surface area contributed by atoms with Gasteiger partial charge in [-0.2, -0.15) is 0 Å². The molecule has 18 heavy (non-hydrogen) atoms. The maximum Gasteiger partial charge on any atom is 0.196 e. The maximum absolute atomic E-state index is 13.1. The van der Waals surface area contributed by atoms with E-state index in [4.69, 9.17) is 0 Å². The van der Waals surface area contributed by atoms with Crippen molar-refractivity contribution in [1.82, 2.24) is 9.80 Å². The molecule has 1 aliphatic heterocycles. The number of rotatable bonds is 3. The van der Waals surface area contributed by atoms with E-state index in [0.717, 1.165) is 31.0 Å². The van der Waals surface area contributed by atoms with E-state index in [2.05, 4.69) is 16.8 Å². The summed E-state index contributed by atoms with van der Waals surface area (Å²) in [5.41, 5.74) is 1.03. The third-order valence-corrected chi connectivity index (χ3v) is 3.22. The van der Waals surface area contributed by atoms with Gasteiger partial charge in [0.15, 0.2) is 5.96 Å². The molecule has 0 N–H and O–H groups in total. The summed E-state index contributed by atoms with van der Waals surface area (Å²) in [4.78, 5) is 8.84. The second-order valence-corrected chi connectivity index (χ2v) is 4.96. The molecule has 4 heteroatoms. The number of guanidine groups is 1. The van der Waals surface area contributed by atoms with Crippen LogP contribution in [-0.2, 0) is 6.42 Å². The second kappa shape index (κ2) is 5.38. The molecule has 0 bridgehead atoms. The van der Waals surface area contributed by atoms with Crippen molar-refractivity contribution >= 4 is 5.96 Å². The van der Waals surface area contributed by atoms with Crippen LogP contribution in [0.15, 0.2) is 29.3 Å². The first-order valence-corrected chi connectivity index (χ1v) is 6.31. The monoisotopic (exact) mass is 249 g/mol. The molecule has 0 saturated heterocycles. The van der Waals surface area contributed by atoms with Crippen LogP contribution in [0.4, 0.5) is 4.39 Å². The molecular weight excluding hydrogens is 229 g/mol. The minimum absolute atomic E-state index is 0.163. The molecule has 1 heterocycles. The minimum atomic E-state index is -0.163. The molecule has 3 nitrogen and oxygen atoms in total. The highest BCUT2D eigenvalue weighted by atomic mass is 19.1. The largest absolute Gasteiger partial charge is 0.349 e. The molecule has 0 fully saturated rings. The van der Waals surface area contributed by atoms with Crippen molar-refractivity contribution in [3.05, 3.63) is 35.6 Å². The highest BCUT2D eigenvalue weighted by Crippen LogP contribution is 2.13. The molecule has 0 aliphatic carbocycles. The van der Waals surface area contributed by atoms with Crippen LogP contribution in [0.25, 0.3) is 0 Å². The van der Waals surface area contributed by atoms with Crippen molar-refractivity contribution in [3.63, 3.8) is 0 Å². The van der Waals surface area contributed by atoms with E-state index in [-0.39, 0.29) is 5.82 Å². The Bertz CT molecular complexity index is 442. The molecule has 1 aromatic carbocycles. The van der Waals surface area contributed by atoms with Crippen LogP contribution in [0, 0.1) is 5.82 Å². The van der Waals surface area contributed by atoms with Crippen LogP contribution in [-0.4, -0.2) is 49.0 Å². The third-order valence-electron chi connectivity index (χ3n) is 3.22. The smallest absolute Gasteiger partial charge is 0.196 e. The van der Waals surface area contributed by atoms with E-state index in [0.29, 0.717) is 6.04 Å². The SMILES string of the molecule is C[C@H]1CN=C(N(C)C)N1CCc1cccc(F)c1. The zero-order chi connectivity index (χ0) is 13.1. The van der Waals surface area contributed by atoms with Gasteiger partial charge in [0.25, 0.3) is 0 Å². The molecule has 0 unspecified atom stereocenters. The van der Waals surface area contributed by atoms with Crippen LogP contribution in [0.3, 0.4) is 0 Å². The quantitative estimate of drug-likeness (QED) is 0.816. The Balaban J connectivity index is 1.99. The lowest BCUT2D eigenvalue weighted by Gasteiger charge is -2.28. The van der Waals surface area contributed by atoms with Crippen LogP contribution >= 0.6 is 0 Å². The summed E-state index contributed by atoms with van der Waals surface area (Å²) < 4.78 is 13.1. The predicted molar refractivity (Wildman–Crippen MR) is 72.3 cm³/mol. The summed E-state index contributed by atoms with van der Waals surface area (Å²) >= 11 is 0. The normalized spacial score (nSPS) is 19.0. The van der Waals surface area contributed by atoms with Crippen LogP contribution in [0.1, 0.15) is 12.5 Å². The van der Waals surface area contributed by atoms with Gasteiger partial charge in [-0.3, -0.25) is 4.99 Å². The predicted octanol–water partition coefficient (Wildman–Crippen LogP) is 1.99. The highest BCUT2D eigenvalue weighted by Gasteiger charge is 2.24. The summed E-state index contributed by atoms with van der Waals surface area (Å²) in [5.74, 6) is 0.863. The van der Waals surface area contributed by atoms with Gasteiger partial charge >= 0.3 is 0 Å². The highest BCUT2D eigenvalue weighted by molar-refractivity contribution is 5.81. The summed E-state index contributed by atoms with van der Waals surface area (Å²) in [5, 5.41) is 0.